The van der Waals surface area contributed by atoms with Crippen molar-refractivity contribution in [2.75, 3.05) is 7.05 Å². The van der Waals surface area contributed by atoms with Crippen molar-refractivity contribution in [1.82, 2.24) is 30.3 Å². The van der Waals surface area contributed by atoms with Crippen LogP contribution in [0.3, 0.4) is 0 Å². The highest BCUT2D eigenvalue weighted by Gasteiger charge is 2.37. The minimum absolute atomic E-state index is 0.0354. The first-order chi connectivity index (χ1) is 16.6. The summed E-state index contributed by atoms with van der Waals surface area (Å²) in [6.07, 6.45) is 6.34. The normalized spacial score (nSPS) is 20.5. The fraction of sp³-hybridized carbons (Fsp3) is 0.500. The van der Waals surface area contributed by atoms with Crippen LogP contribution < -0.4 is 10.6 Å². The van der Waals surface area contributed by atoms with Gasteiger partial charge >= 0.3 is 0 Å². The van der Waals surface area contributed by atoms with E-state index >= 15 is 0 Å². The molecule has 9 nitrogen and oxygen atoms in total. The molecule has 2 N–H and O–H groups in total. The maximum absolute atomic E-state index is 12.6. The minimum Gasteiger partial charge on any atom is -0.364 e. The third-order valence-electron chi connectivity index (χ3n) is 6.70. The molecule has 0 saturated carbocycles. The number of carbonyl (C=O) groups excluding carboxylic acids is 1. The van der Waals surface area contributed by atoms with Gasteiger partial charge in [-0.3, -0.25) is 24.8 Å². The third-order valence-corrected chi connectivity index (χ3v) is 6.70. The van der Waals surface area contributed by atoms with Gasteiger partial charge in [0.15, 0.2) is 0 Å². The predicted octanol–water partition coefficient (Wildman–Crippen LogP) is 2.71. The monoisotopic (exact) mass is 474 g/mol. The Balaban J connectivity index is 1.37. The Morgan fingerprint density at radius 2 is 2.06 bits per heavy atom. The summed E-state index contributed by atoms with van der Waals surface area (Å²) in [5.74, 6) is 0.253. The molecule has 0 saturated heterocycles. The number of nitriles is 1. The molecule has 0 spiro atoms. The first-order valence-corrected chi connectivity index (χ1v) is 12.0. The molecule has 2 atom stereocenters. The van der Waals surface area contributed by atoms with Crippen LogP contribution in [0.4, 0.5) is 0 Å². The molecule has 2 aromatic heterocycles. The Morgan fingerprint density at radius 3 is 2.71 bits per heavy atom. The molecular formula is C26H34N8O. The average Bonchev–Trinajstić information content (AvgIpc) is 3.26. The van der Waals surface area contributed by atoms with E-state index in [0.717, 1.165) is 40.3 Å². The average molecular weight is 475 g/mol. The number of rotatable bonds is 7. The van der Waals surface area contributed by atoms with Crippen molar-refractivity contribution in [2.45, 2.75) is 71.8 Å². The number of nitrogens with one attached hydrogen (secondary N) is 2. The summed E-state index contributed by atoms with van der Waals surface area (Å²) in [6.45, 7) is 11.1. The van der Waals surface area contributed by atoms with Crippen LogP contribution in [0.25, 0.3) is 0 Å². The number of allylic oxidation sites excluding steroid dienone is 1. The van der Waals surface area contributed by atoms with Crippen LogP contribution in [-0.2, 0) is 23.3 Å². The number of aromatic nitrogens is 3. The van der Waals surface area contributed by atoms with Gasteiger partial charge in [0, 0.05) is 43.7 Å². The lowest BCUT2D eigenvalue weighted by Gasteiger charge is -2.41. The van der Waals surface area contributed by atoms with Crippen LogP contribution in [-0.4, -0.2) is 50.5 Å². The lowest BCUT2D eigenvalue weighted by Crippen LogP contribution is -2.55. The number of dihydropyridines is 1. The quantitative estimate of drug-likeness (QED) is 0.638. The Morgan fingerprint density at radius 1 is 1.29 bits per heavy atom. The predicted molar refractivity (Wildman–Crippen MR) is 134 cm³/mol. The Labute approximate surface area is 206 Å². The van der Waals surface area contributed by atoms with Gasteiger partial charge < -0.3 is 10.2 Å². The van der Waals surface area contributed by atoms with E-state index in [-0.39, 0.29) is 24.0 Å². The maximum Gasteiger partial charge on any atom is 0.247 e. The molecule has 0 radical (unpaired) electrons. The first kappa shape index (κ1) is 24.6. The molecule has 0 aromatic carbocycles. The molecule has 2 aliphatic rings. The second-order valence-electron chi connectivity index (χ2n) is 10.3. The summed E-state index contributed by atoms with van der Waals surface area (Å²) in [7, 11) is 2.00. The summed E-state index contributed by atoms with van der Waals surface area (Å²) >= 11 is 0. The Bertz CT molecular complexity index is 1200. The van der Waals surface area contributed by atoms with Crippen LogP contribution in [0, 0.1) is 17.2 Å². The van der Waals surface area contributed by atoms with Crippen molar-refractivity contribution >= 4 is 11.6 Å². The number of pyridine rings is 1. The maximum atomic E-state index is 12.6. The summed E-state index contributed by atoms with van der Waals surface area (Å²) in [5.41, 5.74) is 5.07. The zero-order chi connectivity index (χ0) is 25.3. The van der Waals surface area contributed by atoms with Crippen LogP contribution in [0.2, 0.25) is 0 Å². The summed E-state index contributed by atoms with van der Waals surface area (Å²) in [4.78, 5) is 23.9. The highest BCUT2D eigenvalue weighted by atomic mass is 16.2. The zero-order valence-electron chi connectivity index (χ0n) is 21.3. The van der Waals surface area contributed by atoms with Gasteiger partial charge in [0.1, 0.15) is 12.2 Å². The second kappa shape index (κ2) is 9.62. The van der Waals surface area contributed by atoms with Crippen molar-refractivity contribution in [1.29, 1.82) is 5.26 Å². The van der Waals surface area contributed by atoms with Crippen LogP contribution in [0.1, 0.15) is 57.9 Å². The van der Waals surface area contributed by atoms with Gasteiger partial charge in [-0.25, -0.2) is 0 Å². The number of amides is 1. The van der Waals surface area contributed by atoms with Gasteiger partial charge in [0.05, 0.1) is 41.3 Å². The van der Waals surface area contributed by atoms with Gasteiger partial charge in [-0.1, -0.05) is 19.9 Å². The van der Waals surface area contributed by atoms with Crippen molar-refractivity contribution in [3.8, 4) is 6.07 Å². The van der Waals surface area contributed by atoms with E-state index in [1.54, 1.807) is 0 Å². The molecule has 0 aliphatic carbocycles. The second-order valence-corrected chi connectivity index (χ2v) is 10.3. The number of nitrogens with zero attached hydrogens (tertiary/aromatic N) is 6. The fourth-order valence-electron chi connectivity index (χ4n) is 4.68. The Kier molecular flexibility index (Phi) is 6.77. The summed E-state index contributed by atoms with van der Waals surface area (Å²) in [5, 5.41) is 20.4. The molecule has 2 aromatic rings. The molecule has 184 valence electrons. The SMILES string of the molecule is CC1=NC(NCc2cnn(Cc3ccc(C(C)(C)C#N)nc3)c2)CC2=C1NC(=O)[C@H](C(C)C)N2C. The van der Waals surface area contributed by atoms with Crippen molar-refractivity contribution in [3.63, 3.8) is 0 Å². The third kappa shape index (κ3) is 5.13. The number of likely N-dealkylation sites (N-methyl/N-ethyl adjacent to an activating group) is 1. The molecule has 2 aliphatic heterocycles. The minimum atomic E-state index is -0.604. The number of carbonyl (C=O) groups is 1. The largest absolute Gasteiger partial charge is 0.364 e. The van der Waals surface area contributed by atoms with Gasteiger partial charge in [-0.15, -0.1) is 0 Å². The van der Waals surface area contributed by atoms with E-state index in [9.17, 15) is 10.1 Å². The van der Waals surface area contributed by atoms with Gasteiger partial charge in [0.25, 0.3) is 0 Å². The number of hydrogen-bond donors (Lipinski definition) is 2. The molecule has 4 heterocycles. The van der Waals surface area contributed by atoms with Crippen molar-refractivity contribution in [2.24, 2.45) is 10.9 Å². The number of hydrogen-bond acceptors (Lipinski definition) is 7. The summed E-state index contributed by atoms with van der Waals surface area (Å²) in [6, 6.07) is 6.01. The molecule has 0 bridgehead atoms. The van der Waals surface area contributed by atoms with Crippen molar-refractivity contribution in [3.05, 3.63) is 58.9 Å². The smallest absolute Gasteiger partial charge is 0.247 e. The van der Waals surface area contributed by atoms with Crippen LogP contribution in [0.5, 0.6) is 0 Å². The lowest BCUT2D eigenvalue weighted by molar-refractivity contribution is -0.127. The number of aliphatic imine (C=N–C) groups is 1. The molecule has 0 fully saturated rings. The van der Waals surface area contributed by atoms with E-state index in [0.29, 0.717) is 13.1 Å². The van der Waals surface area contributed by atoms with Crippen LogP contribution >= 0.6 is 0 Å². The van der Waals surface area contributed by atoms with E-state index in [4.69, 9.17) is 4.99 Å². The highest BCUT2D eigenvalue weighted by molar-refractivity contribution is 6.04. The Hall–Kier alpha value is -3.51. The molecule has 35 heavy (non-hydrogen) atoms. The summed E-state index contributed by atoms with van der Waals surface area (Å²) < 4.78 is 1.89. The molecule has 9 heteroatoms. The zero-order valence-corrected chi connectivity index (χ0v) is 21.3. The fourth-order valence-corrected chi connectivity index (χ4v) is 4.68. The molecule has 1 amide bonds. The van der Waals surface area contributed by atoms with E-state index in [1.165, 1.54) is 0 Å². The van der Waals surface area contributed by atoms with E-state index in [1.807, 2.05) is 63.2 Å². The van der Waals surface area contributed by atoms with E-state index in [2.05, 4.69) is 45.5 Å². The van der Waals surface area contributed by atoms with Crippen molar-refractivity contribution < 1.29 is 4.79 Å². The molecule has 4 rings (SSSR count). The highest BCUT2D eigenvalue weighted by Crippen LogP contribution is 2.29. The topological polar surface area (TPSA) is 111 Å². The standard InChI is InChI=1S/C26H34N8O/c1-16(2)24-25(35)32-23-17(3)31-22(9-20(23)33(24)6)29-11-19-12-30-34(14-19)13-18-7-8-21(28-10-18)26(4,5)15-27/h7-8,10,12,14,16,22,24,29H,9,11,13H2,1-6H3,(H,32,35)/t22?,24-/m0/s1. The van der Waals surface area contributed by atoms with Gasteiger partial charge in [-0.2, -0.15) is 10.4 Å². The molecular weight excluding hydrogens is 440 g/mol. The van der Waals surface area contributed by atoms with Crippen LogP contribution in [0.15, 0.2) is 47.1 Å². The lowest BCUT2D eigenvalue weighted by atomic mass is 9.91. The van der Waals surface area contributed by atoms with Gasteiger partial charge in [0.2, 0.25) is 5.91 Å². The molecule has 1 unspecified atom stereocenters. The first-order valence-electron chi connectivity index (χ1n) is 12.0. The van der Waals surface area contributed by atoms with Gasteiger partial charge in [-0.05, 0) is 38.3 Å². The van der Waals surface area contributed by atoms with E-state index < -0.39 is 5.41 Å².